The summed E-state index contributed by atoms with van der Waals surface area (Å²) in [6.45, 7) is 3.63. The minimum atomic E-state index is -1.14. The number of rotatable bonds is 3. The Balaban J connectivity index is 1.47. The molecule has 0 bridgehead atoms. The third-order valence-electron chi connectivity index (χ3n) is 6.15. The van der Waals surface area contributed by atoms with Crippen molar-refractivity contribution in [2.24, 2.45) is 0 Å². The lowest BCUT2D eigenvalue weighted by atomic mass is 9.97. The van der Waals surface area contributed by atoms with E-state index in [1.807, 2.05) is 13.0 Å². The van der Waals surface area contributed by atoms with Gasteiger partial charge in [-0.05, 0) is 37.1 Å². The van der Waals surface area contributed by atoms with Crippen LogP contribution in [0.15, 0.2) is 24.7 Å². The molecule has 3 heterocycles. The molecule has 5 rings (SSSR count). The second-order valence-corrected chi connectivity index (χ2v) is 8.11. The second-order valence-electron chi connectivity index (χ2n) is 8.11. The van der Waals surface area contributed by atoms with Crippen molar-refractivity contribution in [3.05, 3.63) is 47.2 Å². The van der Waals surface area contributed by atoms with Gasteiger partial charge < -0.3 is 30.6 Å². The van der Waals surface area contributed by atoms with E-state index in [-0.39, 0.29) is 16.9 Å². The number of nitrogens with two attached hydrogens (primary N) is 1. The number of hydrogen-bond acceptors (Lipinski definition) is 7. The number of aryl methyl sites for hydroxylation is 1. The van der Waals surface area contributed by atoms with Gasteiger partial charge in [0.05, 0.1) is 11.4 Å². The van der Waals surface area contributed by atoms with Crippen LogP contribution < -0.4 is 15.8 Å². The number of aliphatic hydroxyl groups excluding tert-OH is 2. The van der Waals surface area contributed by atoms with Crippen molar-refractivity contribution >= 4 is 16.9 Å². The molecule has 1 aliphatic carbocycles. The summed E-state index contributed by atoms with van der Waals surface area (Å²) in [7, 11) is 0. The number of nitrogens with zero attached hydrogens (tertiary/aromatic N) is 3. The lowest BCUT2D eigenvalue weighted by Gasteiger charge is -2.25. The summed E-state index contributed by atoms with van der Waals surface area (Å²) in [6.07, 6.45) is 0.815. The van der Waals surface area contributed by atoms with Crippen LogP contribution in [-0.4, -0.2) is 49.6 Å². The Hall–Kier alpha value is -2.75. The molecule has 1 aliphatic heterocycles. The molecule has 2 unspecified atom stereocenters. The third kappa shape index (κ3) is 3.01. The summed E-state index contributed by atoms with van der Waals surface area (Å²) in [5, 5.41) is 24.9. The molecule has 0 amide bonds. The average molecular weight is 413 g/mol. The van der Waals surface area contributed by atoms with Gasteiger partial charge in [-0.2, -0.15) is 0 Å². The van der Waals surface area contributed by atoms with E-state index in [9.17, 15) is 14.6 Å². The highest BCUT2D eigenvalue weighted by atomic mass is 19.1. The molecule has 1 aromatic carbocycles. The van der Waals surface area contributed by atoms with E-state index in [4.69, 9.17) is 10.5 Å². The molecular weight excluding hydrogens is 389 g/mol. The molecule has 0 saturated heterocycles. The zero-order valence-electron chi connectivity index (χ0n) is 16.5. The summed E-state index contributed by atoms with van der Waals surface area (Å²) in [4.78, 5) is 7.97. The zero-order chi connectivity index (χ0) is 21.0. The van der Waals surface area contributed by atoms with Crippen LogP contribution in [0.5, 0.6) is 5.75 Å². The molecule has 2 aliphatic rings. The van der Waals surface area contributed by atoms with Crippen LogP contribution in [0.3, 0.4) is 0 Å². The predicted octanol–water partition coefficient (Wildman–Crippen LogP) is 1.22. The number of nitrogens with one attached hydrogen (secondary N) is 1. The fourth-order valence-electron chi connectivity index (χ4n) is 4.66. The van der Waals surface area contributed by atoms with Gasteiger partial charge in [-0.25, -0.2) is 14.4 Å². The number of ether oxygens (including phenoxy) is 1. The quantitative estimate of drug-likeness (QED) is 0.510. The Morgan fingerprint density at radius 2 is 2.10 bits per heavy atom. The summed E-state index contributed by atoms with van der Waals surface area (Å²) in [6, 6.07) is 3.51. The first-order chi connectivity index (χ1) is 14.4. The number of aromatic nitrogens is 3. The minimum Gasteiger partial charge on any atom is -0.487 e. The summed E-state index contributed by atoms with van der Waals surface area (Å²) in [5.41, 5.74) is 9.48. The first-order valence-corrected chi connectivity index (χ1v) is 10.1. The van der Waals surface area contributed by atoms with Crippen LogP contribution in [0, 0.1) is 12.7 Å². The normalized spacial score (nSPS) is 26.1. The van der Waals surface area contributed by atoms with E-state index < -0.39 is 30.2 Å². The van der Waals surface area contributed by atoms with Gasteiger partial charge in [-0.15, -0.1) is 0 Å². The molecule has 5 N–H and O–H groups in total. The van der Waals surface area contributed by atoms with Gasteiger partial charge in [0.1, 0.15) is 41.9 Å². The summed E-state index contributed by atoms with van der Waals surface area (Å²) in [5.74, 6) is 0.188. The van der Waals surface area contributed by atoms with E-state index in [1.54, 1.807) is 0 Å². The van der Waals surface area contributed by atoms with Crippen LogP contribution >= 0.6 is 0 Å². The van der Waals surface area contributed by atoms with Crippen molar-refractivity contribution in [1.82, 2.24) is 19.9 Å². The van der Waals surface area contributed by atoms with Gasteiger partial charge in [0.15, 0.2) is 5.82 Å². The van der Waals surface area contributed by atoms with Crippen molar-refractivity contribution in [3.63, 3.8) is 0 Å². The summed E-state index contributed by atoms with van der Waals surface area (Å²) >= 11 is 0. The molecule has 2 aromatic heterocycles. The number of halogens is 1. The van der Waals surface area contributed by atoms with Crippen LogP contribution in [0.2, 0.25) is 0 Å². The average Bonchev–Trinajstić information content (AvgIpc) is 3.20. The molecule has 0 spiro atoms. The molecule has 1 fully saturated rings. The molecule has 0 radical (unpaired) electrons. The van der Waals surface area contributed by atoms with Crippen molar-refractivity contribution in [2.45, 2.75) is 50.7 Å². The highest BCUT2D eigenvalue weighted by Crippen LogP contribution is 2.38. The number of fused-ring (bicyclic) bond motifs is 2. The van der Waals surface area contributed by atoms with Crippen molar-refractivity contribution in [2.75, 3.05) is 12.3 Å². The topological polar surface area (TPSA) is 118 Å². The van der Waals surface area contributed by atoms with Crippen molar-refractivity contribution < 1.29 is 19.3 Å². The fourth-order valence-corrected chi connectivity index (χ4v) is 4.66. The van der Waals surface area contributed by atoms with Gasteiger partial charge in [0.25, 0.3) is 0 Å². The van der Waals surface area contributed by atoms with Gasteiger partial charge in [-0.1, -0.05) is 6.07 Å². The summed E-state index contributed by atoms with van der Waals surface area (Å²) < 4.78 is 22.2. The van der Waals surface area contributed by atoms with Crippen LogP contribution in [0.1, 0.15) is 29.2 Å². The second kappa shape index (κ2) is 7.19. The van der Waals surface area contributed by atoms with Crippen LogP contribution in [0.4, 0.5) is 10.2 Å². The first kappa shape index (κ1) is 19.2. The van der Waals surface area contributed by atoms with Crippen molar-refractivity contribution in [3.8, 4) is 5.75 Å². The molecule has 30 heavy (non-hydrogen) atoms. The maximum atomic E-state index is 14.5. The molecule has 1 saturated carbocycles. The lowest BCUT2D eigenvalue weighted by Crippen LogP contribution is -2.35. The molecular formula is C21H24FN5O3. The largest absolute Gasteiger partial charge is 0.487 e. The molecule has 158 valence electrons. The zero-order valence-corrected chi connectivity index (χ0v) is 16.5. The SMILES string of the molecule is Cc1cc2c(c(OC3CC(n4cc(F)c5c(N)ncnc54)[C@H](O)[C@@H]3O)c1)CNCC2. The Morgan fingerprint density at radius 3 is 2.93 bits per heavy atom. The molecule has 8 nitrogen and oxygen atoms in total. The van der Waals surface area contributed by atoms with E-state index in [1.165, 1.54) is 22.7 Å². The van der Waals surface area contributed by atoms with Gasteiger partial charge in [0, 0.05) is 24.7 Å². The fraction of sp³-hybridized carbons (Fsp3) is 0.429. The number of aliphatic hydroxyl groups is 2. The predicted molar refractivity (Wildman–Crippen MR) is 109 cm³/mol. The highest BCUT2D eigenvalue weighted by Gasteiger charge is 2.45. The third-order valence-corrected chi connectivity index (χ3v) is 6.15. The monoisotopic (exact) mass is 413 g/mol. The number of anilines is 1. The smallest absolute Gasteiger partial charge is 0.154 e. The van der Waals surface area contributed by atoms with Crippen molar-refractivity contribution in [1.29, 1.82) is 0 Å². The Morgan fingerprint density at radius 1 is 1.27 bits per heavy atom. The Bertz CT molecular complexity index is 1120. The van der Waals surface area contributed by atoms with Gasteiger partial charge >= 0.3 is 0 Å². The Kier molecular flexibility index (Phi) is 4.61. The number of hydrogen-bond donors (Lipinski definition) is 4. The number of benzene rings is 1. The van der Waals surface area contributed by atoms with Gasteiger partial charge in [0.2, 0.25) is 0 Å². The molecule has 9 heteroatoms. The van der Waals surface area contributed by atoms with E-state index in [0.29, 0.717) is 18.7 Å². The maximum Gasteiger partial charge on any atom is 0.154 e. The molecule has 4 atom stereocenters. The van der Waals surface area contributed by atoms with E-state index in [2.05, 4.69) is 21.4 Å². The Labute approximate surface area is 172 Å². The van der Waals surface area contributed by atoms with Gasteiger partial charge in [-0.3, -0.25) is 0 Å². The van der Waals surface area contributed by atoms with E-state index in [0.717, 1.165) is 24.1 Å². The number of nitrogen functional groups attached to an aromatic ring is 1. The van der Waals surface area contributed by atoms with Crippen LogP contribution in [0.25, 0.3) is 11.0 Å². The lowest BCUT2D eigenvalue weighted by molar-refractivity contribution is -0.0167. The van der Waals surface area contributed by atoms with E-state index >= 15 is 0 Å². The molecule has 3 aromatic rings. The maximum absolute atomic E-state index is 14.5. The van der Waals surface area contributed by atoms with Crippen LogP contribution in [-0.2, 0) is 13.0 Å². The first-order valence-electron chi connectivity index (χ1n) is 10.1. The highest BCUT2D eigenvalue weighted by molar-refractivity contribution is 5.86. The minimum absolute atomic E-state index is 0.0379. The standard InChI is InChI=1S/C21H24FN5O3/c1-10-4-11-2-3-24-7-12(11)15(5-10)30-16-6-14(18(28)19(16)29)27-8-13(22)17-20(23)25-9-26-21(17)27/h4-5,8-9,14,16,18-19,24,28-29H,2-3,6-7H2,1H3,(H2,23,25,26)/t14?,16?,18-,19+/m0/s1.